The molecule has 1 atom stereocenters. The number of pyridine rings is 1. The van der Waals surface area contributed by atoms with E-state index in [1.807, 2.05) is 18.2 Å². The Morgan fingerprint density at radius 2 is 1.88 bits per heavy atom. The van der Waals surface area contributed by atoms with E-state index >= 15 is 0 Å². The number of aromatic nitrogens is 1. The minimum atomic E-state index is 0.326. The second-order valence-electron chi connectivity index (χ2n) is 4.18. The first-order valence-electron chi connectivity index (χ1n) is 5.77. The lowest BCUT2D eigenvalue weighted by atomic mass is 10.1. The molecule has 2 aromatic rings. The molecule has 3 heteroatoms. The van der Waals surface area contributed by atoms with Gasteiger partial charge in [0, 0.05) is 6.04 Å². The Morgan fingerprint density at radius 3 is 2.59 bits per heavy atom. The van der Waals surface area contributed by atoms with Crippen molar-refractivity contribution in [3.05, 3.63) is 54.1 Å². The van der Waals surface area contributed by atoms with Crippen LogP contribution in [0.5, 0.6) is 0 Å². The molecule has 0 aliphatic carbocycles. The lowest BCUT2D eigenvalue weighted by molar-refractivity contribution is 0.785. The molecule has 0 saturated carbocycles. The Labute approximate surface area is 102 Å². The van der Waals surface area contributed by atoms with Crippen LogP contribution in [-0.2, 0) is 6.42 Å². The summed E-state index contributed by atoms with van der Waals surface area (Å²) < 4.78 is 0. The maximum absolute atomic E-state index is 5.64. The molecule has 1 aromatic heterocycles. The maximum Gasteiger partial charge on any atom is 0.128 e. The first kappa shape index (κ1) is 11.5. The van der Waals surface area contributed by atoms with E-state index in [4.69, 9.17) is 5.73 Å². The molecule has 3 N–H and O–H groups in total. The molecule has 0 radical (unpaired) electrons. The van der Waals surface area contributed by atoms with Crippen LogP contribution in [0, 0.1) is 0 Å². The van der Waals surface area contributed by atoms with Gasteiger partial charge in [-0.25, -0.2) is 4.98 Å². The van der Waals surface area contributed by atoms with E-state index in [2.05, 4.69) is 41.5 Å². The molecule has 0 aliphatic heterocycles. The first-order chi connectivity index (χ1) is 8.24. The van der Waals surface area contributed by atoms with Gasteiger partial charge in [-0.15, -0.1) is 0 Å². The highest BCUT2D eigenvalue weighted by atomic mass is 15.0. The van der Waals surface area contributed by atoms with Gasteiger partial charge in [0.1, 0.15) is 11.6 Å². The Morgan fingerprint density at radius 1 is 1.12 bits per heavy atom. The molecule has 1 unspecified atom stereocenters. The summed E-state index contributed by atoms with van der Waals surface area (Å²) in [6.07, 6.45) is 0.970. The SMILES string of the molecule is CC(Cc1ccccc1)Nc1cccc(N)n1. The van der Waals surface area contributed by atoms with Crippen molar-refractivity contribution in [1.82, 2.24) is 4.98 Å². The standard InChI is InChI=1S/C14H17N3/c1-11(10-12-6-3-2-4-7-12)16-14-9-5-8-13(15)17-14/h2-9,11H,10H2,1H3,(H3,15,16,17). The zero-order valence-electron chi connectivity index (χ0n) is 9.93. The lowest BCUT2D eigenvalue weighted by Gasteiger charge is -2.14. The number of hydrogen-bond acceptors (Lipinski definition) is 3. The topological polar surface area (TPSA) is 50.9 Å². The number of nitrogens with zero attached hydrogens (tertiary/aromatic N) is 1. The number of benzene rings is 1. The first-order valence-corrected chi connectivity index (χ1v) is 5.77. The summed E-state index contributed by atoms with van der Waals surface area (Å²) in [5, 5.41) is 3.34. The highest BCUT2D eigenvalue weighted by Gasteiger charge is 2.04. The average molecular weight is 227 g/mol. The predicted octanol–water partition coefficient (Wildman–Crippen LogP) is 2.71. The summed E-state index contributed by atoms with van der Waals surface area (Å²) in [4.78, 5) is 4.22. The second kappa shape index (κ2) is 5.34. The number of nitrogens with two attached hydrogens (primary N) is 1. The zero-order valence-corrected chi connectivity index (χ0v) is 9.93. The minimum absolute atomic E-state index is 0.326. The smallest absolute Gasteiger partial charge is 0.128 e. The molecule has 0 saturated heterocycles. The Kier molecular flexibility index (Phi) is 3.60. The minimum Gasteiger partial charge on any atom is -0.384 e. The van der Waals surface area contributed by atoms with Crippen LogP contribution in [0.3, 0.4) is 0 Å². The Balaban J connectivity index is 1.96. The van der Waals surface area contributed by atoms with Crippen LogP contribution in [0.15, 0.2) is 48.5 Å². The van der Waals surface area contributed by atoms with Crippen LogP contribution in [0.25, 0.3) is 0 Å². The van der Waals surface area contributed by atoms with Crippen LogP contribution >= 0.6 is 0 Å². The van der Waals surface area contributed by atoms with Gasteiger partial charge in [-0.1, -0.05) is 36.4 Å². The lowest BCUT2D eigenvalue weighted by Crippen LogP contribution is -2.18. The van der Waals surface area contributed by atoms with Gasteiger partial charge in [-0.3, -0.25) is 0 Å². The van der Waals surface area contributed by atoms with Crippen molar-refractivity contribution in [2.45, 2.75) is 19.4 Å². The van der Waals surface area contributed by atoms with Gasteiger partial charge < -0.3 is 11.1 Å². The predicted molar refractivity (Wildman–Crippen MR) is 71.9 cm³/mol. The molecule has 0 amide bonds. The normalized spacial score (nSPS) is 12.1. The fraction of sp³-hybridized carbons (Fsp3) is 0.214. The van der Waals surface area contributed by atoms with E-state index in [9.17, 15) is 0 Å². The van der Waals surface area contributed by atoms with E-state index in [1.54, 1.807) is 6.07 Å². The van der Waals surface area contributed by atoms with Crippen LogP contribution in [-0.4, -0.2) is 11.0 Å². The Bertz CT molecular complexity index is 468. The number of anilines is 2. The van der Waals surface area contributed by atoms with E-state index in [0.29, 0.717) is 11.9 Å². The largest absolute Gasteiger partial charge is 0.384 e. The van der Waals surface area contributed by atoms with Gasteiger partial charge in [0.25, 0.3) is 0 Å². The molecular formula is C14H17N3. The second-order valence-corrected chi connectivity index (χ2v) is 4.18. The van der Waals surface area contributed by atoms with Gasteiger partial charge in [0.15, 0.2) is 0 Å². The van der Waals surface area contributed by atoms with Crippen molar-refractivity contribution < 1.29 is 0 Å². The van der Waals surface area contributed by atoms with Gasteiger partial charge in [-0.05, 0) is 31.0 Å². The number of rotatable bonds is 4. The zero-order chi connectivity index (χ0) is 12.1. The highest BCUT2D eigenvalue weighted by Crippen LogP contribution is 2.10. The molecule has 3 nitrogen and oxygen atoms in total. The molecule has 0 fully saturated rings. The monoisotopic (exact) mass is 227 g/mol. The van der Waals surface area contributed by atoms with Crippen LogP contribution in [0.4, 0.5) is 11.6 Å². The third-order valence-electron chi connectivity index (χ3n) is 2.55. The van der Waals surface area contributed by atoms with Crippen LogP contribution < -0.4 is 11.1 Å². The van der Waals surface area contributed by atoms with Gasteiger partial charge >= 0.3 is 0 Å². The quantitative estimate of drug-likeness (QED) is 0.844. The summed E-state index contributed by atoms with van der Waals surface area (Å²) in [5.74, 6) is 1.37. The van der Waals surface area contributed by atoms with Gasteiger partial charge in [0.05, 0.1) is 0 Å². The number of nitrogen functional groups attached to an aromatic ring is 1. The van der Waals surface area contributed by atoms with Crippen molar-refractivity contribution in [1.29, 1.82) is 0 Å². The number of hydrogen-bond donors (Lipinski definition) is 2. The third kappa shape index (κ3) is 3.48. The molecule has 2 rings (SSSR count). The van der Waals surface area contributed by atoms with E-state index in [-0.39, 0.29) is 0 Å². The van der Waals surface area contributed by atoms with Crippen molar-refractivity contribution in [3.63, 3.8) is 0 Å². The molecule has 88 valence electrons. The fourth-order valence-corrected chi connectivity index (χ4v) is 1.80. The molecule has 1 aromatic carbocycles. The van der Waals surface area contributed by atoms with Crippen molar-refractivity contribution in [2.75, 3.05) is 11.1 Å². The van der Waals surface area contributed by atoms with Gasteiger partial charge in [-0.2, -0.15) is 0 Å². The molecular weight excluding hydrogens is 210 g/mol. The van der Waals surface area contributed by atoms with Crippen LogP contribution in [0.2, 0.25) is 0 Å². The fourth-order valence-electron chi connectivity index (χ4n) is 1.80. The summed E-state index contributed by atoms with van der Waals surface area (Å²) in [7, 11) is 0. The van der Waals surface area contributed by atoms with E-state index in [1.165, 1.54) is 5.56 Å². The van der Waals surface area contributed by atoms with E-state index < -0.39 is 0 Å². The summed E-state index contributed by atoms with van der Waals surface area (Å²) >= 11 is 0. The third-order valence-corrected chi connectivity index (χ3v) is 2.55. The molecule has 1 heterocycles. The van der Waals surface area contributed by atoms with Gasteiger partial charge in [0.2, 0.25) is 0 Å². The maximum atomic E-state index is 5.64. The molecule has 0 aliphatic rings. The summed E-state index contributed by atoms with van der Waals surface area (Å²) in [6.45, 7) is 2.14. The number of nitrogens with one attached hydrogen (secondary N) is 1. The van der Waals surface area contributed by atoms with Crippen LogP contribution in [0.1, 0.15) is 12.5 Å². The molecule has 0 bridgehead atoms. The highest BCUT2D eigenvalue weighted by molar-refractivity contribution is 5.43. The summed E-state index contributed by atoms with van der Waals surface area (Å²) in [6, 6.07) is 16.3. The Hall–Kier alpha value is -2.03. The van der Waals surface area contributed by atoms with Crippen molar-refractivity contribution in [2.24, 2.45) is 0 Å². The molecule has 17 heavy (non-hydrogen) atoms. The van der Waals surface area contributed by atoms with E-state index in [0.717, 1.165) is 12.2 Å². The average Bonchev–Trinajstić information content (AvgIpc) is 2.30. The van der Waals surface area contributed by atoms with Crippen molar-refractivity contribution in [3.8, 4) is 0 Å². The van der Waals surface area contributed by atoms with Crippen molar-refractivity contribution >= 4 is 11.6 Å². The molecule has 0 spiro atoms. The summed E-state index contributed by atoms with van der Waals surface area (Å²) in [5.41, 5.74) is 6.95.